The van der Waals surface area contributed by atoms with Crippen molar-refractivity contribution in [3.63, 3.8) is 0 Å². The second-order valence-corrected chi connectivity index (χ2v) is 4.99. The van der Waals surface area contributed by atoms with E-state index in [1.807, 2.05) is 0 Å². The number of hydrogen-bond donors (Lipinski definition) is 0. The summed E-state index contributed by atoms with van der Waals surface area (Å²) >= 11 is 0. The topological polar surface area (TPSA) is 25.1 Å². The van der Waals surface area contributed by atoms with E-state index in [0.717, 1.165) is 12.5 Å². The second kappa shape index (κ2) is 1.88. The summed E-state index contributed by atoms with van der Waals surface area (Å²) in [4.78, 5) is 0. The molecule has 3 aliphatic rings. The van der Waals surface area contributed by atoms with Gasteiger partial charge in [0.25, 0.3) is 0 Å². The maximum Gasteiger partial charge on any atom is 0.0920 e. The molecule has 2 heteroatoms. The van der Waals surface area contributed by atoms with E-state index in [2.05, 4.69) is 13.8 Å². The van der Waals surface area contributed by atoms with Crippen LogP contribution in [0.5, 0.6) is 0 Å². The van der Waals surface area contributed by atoms with Crippen LogP contribution in [0.3, 0.4) is 0 Å². The summed E-state index contributed by atoms with van der Waals surface area (Å²) in [7, 11) is 0. The average Bonchev–Trinajstić information content (AvgIpc) is 2.86. The molecular weight excluding hydrogens is 152 g/mol. The summed E-state index contributed by atoms with van der Waals surface area (Å²) in [6.07, 6.45) is 4.31. The minimum absolute atomic E-state index is 0.229. The maximum absolute atomic E-state index is 5.66. The Balaban J connectivity index is 1.70. The molecule has 1 saturated carbocycles. The third-order valence-electron chi connectivity index (χ3n) is 3.99. The Morgan fingerprint density at radius 1 is 1.25 bits per heavy atom. The van der Waals surface area contributed by atoms with Crippen LogP contribution < -0.4 is 0 Å². The molecule has 1 unspecified atom stereocenters. The lowest BCUT2D eigenvalue weighted by Crippen LogP contribution is -2.29. The maximum atomic E-state index is 5.66. The summed E-state index contributed by atoms with van der Waals surface area (Å²) in [6, 6.07) is 0. The van der Waals surface area contributed by atoms with Gasteiger partial charge in [0.1, 0.15) is 0 Å². The number of ether oxygens (including phenoxy) is 2. The van der Waals surface area contributed by atoms with E-state index in [1.54, 1.807) is 0 Å². The second-order valence-electron chi connectivity index (χ2n) is 4.99. The van der Waals surface area contributed by atoms with Gasteiger partial charge in [-0.05, 0) is 39.0 Å². The van der Waals surface area contributed by atoms with Gasteiger partial charge in [0.05, 0.1) is 23.9 Å². The molecule has 4 atom stereocenters. The van der Waals surface area contributed by atoms with Crippen molar-refractivity contribution >= 4 is 0 Å². The van der Waals surface area contributed by atoms with Gasteiger partial charge in [-0.25, -0.2) is 0 Å². The Morgan fingerprint density at radius 3 is 2.58 bits per heavy atom. The van der Waals surface area contributed by atoms with E-state index in [1.165, 1.54) is 19.3 Å². The molecule has 0 aromatic carbocycles. The van der Waals surface area contributed by atoms with Crippen LogP contribution in [0.1, 0.15) is 33.1 Å². The van der Waals surface area contributed by atoms with E-state index in [4.69, 9.17) is 9.47 Å². The quantitative estimate of drug-likeness (QED) is 0.557. The van der Waals surface area contributed by atoms with Gasteiger partial charge < -0.3 is 9.47 Å². The minimum Gasteiger partial charge on any atom is -0.370 e. The third-order valence-corrected chi connectivity index (χ3v) is 3.99. The van der Waals surface area contributed by atoms with Crippen molar-refractivity contribution in [2.75, 3.05) is 6.61 Å². The van der Waals surface area contributed by atoms with E-state index in [9.17, 15) is 0 Å². The zero-order chi connectivity index (χ0) is 8.40. The smallest absolute Gasteiger partial charge is 0.0920 e. The van der Waals surface area contributed by atoms with Gasteiger partial charge in [-0.2, -0.15) is 0 Å². The molecule has 2 nitrogen and oxygen atoms in total. The van der Waals surface area contributed by atoms with Crippen LogP contribution in [0.2, 0.25) is 0 Å². The van der Waals surface area contributed by atoms with Crippen LogP contribution in [-0.4, -0.2) is 23.9 Å². The van der Waals surface area contributed by atoms with Crippen molar-refractivity contribution in [2.24, 2.45) is 5.92 Å². The molecule has 0 aromatic heterocycles. The van der Waals surface area contributed by atoms with E-state index < -0.39 is 0 Å². The highest BCUT2D eigenvalue weighted by atomic mass is 16.6. The van der Waals surface area contributed by atoms with Crippen molar-refractivity contribution < 1.29 is 9.47 Å². The number of hydrogen-bond acceptors (Lipinski definition) is 2. The fourth-order valence-corrected chi connectivity index (χ4v) is 2.55. The van der Waals surface area contributed by atoms with Crippen molar-refractivity contribution in [1.82, 2.24) is 0 Å². The van der Waals surface area contributed by atoms with Crippen LogP contribution >= 0.6 is 0 Å². The lowest BCUT2D eigenvalue weighted by Gasteiger charge is -2.25. The fraction of sp³-hybridized carbons (Fsp3) is 1.00. The fourth-order valence-electron chi connectivity index (χ4n) is 2.55. The zero-order valence-corrected chi connectivity index (χ0v) is 7.80. The van der Waals surface area contributed by atoms with Crippen LogP contribution in [0.15, 0.2) is 0 Å². The minimum atomic E-state index is 0.229. The molecule has 2 aliphatic heterocycles. The van der Waals surface area contributed by atoms with Crippen molar-refractivity contribution in [2.45, 2.75) is 50.4 Å². The van der Waals surface area contributed by atoms with Crippen LogP contribution in [0, 0.1) is 5.92 Å². The Hall–Kier alpha value is -0.0800. The summed E-state index contributed by atoms with van der Waals surface area (Å²) in [5, 5.41) is 0. The first-order chi connectivity index (χ1) is 5.62. The molecule has 2 saturated heterocycles. The molecule has 2 heterocycles. The highest BCUT2D eigenvalue weighted by Gasteiger charge is 2.60. The largest absolute Gasteiger partial charge is 0.370 e. The van der Waals surface area contributed by atoms with Gasteiger partial charge in [0.15, 0.2) is 0 Å². The van der Waals surface area contributed by atoms with Gasteiger partial charge in [0.2, 0.25) is 0 Å². The third kappa shape index (κ3) is 0.882. The molecule has 0 aromatic rings. The molecule has 0 bridgehead atoms. The summed E-state index contributed by atoms with van der Waals surface area (Å²) < 4.78 is 11.1. The molecular formula is C10H16O2. The zero-order valence-electron chi connectivity index (χ0n) is 7.80. The van der Waals surface area contributed by atoms with E-state index in [0.29, 0.717) is 6.10 Å². The Bertz CT molecular complexity index is 222. The molecule has 1 aliphatic carbocycles. The molecule has 12 heavy (non-hydrogen) atoms. The SMILES string of the molecule is C[C@@]12CC[C@H]([C@]3(C)CO3)CC1O2. The summed E-state index contributed by atoms with van der Waals surface area (Å²) in [5.41, 5.74) is 0.495. The first kappa shape index (κ1) is 7.34. The predicted octanol–water partition coefficient (Wildman–Crippen LogP) is 1.73. The highest BCUT2D eigenvalue weighted by Crippen LogP contribution is 2.54. The van der Waals surface area contributed by atoms with Crippen LogP contribution in [-0.2, 0) is 9.47 Å². The molecule has 68 valence electrons. The Morgan fingerprint density at radius 2 is 2.00 bits per heavy atom. The van der Waals surface area contributed by atoms with Gasteiger partial charge in [0, 0.05) is 0 Å². The van der Waals surface area contributed by atoms with Crippen LogP contribution in [0.25, 0.3) is 0 Å². The summed E-state index contributed by atoms with van der Waals surface area (Å²) in [6.45, 7) is 5.45. The van der Waals surface area contributed by atoms with Crippen molar-refractivity contribution in [3.8, 4) is 0 Å². The monoisotopic (exact) mass is 168 g/mol. The highest BCUT2D eigenvalue weighted by molar-refractivity contribution is 5.08. The van der Waals surface area contributed by atoms with Gasteiger partial charge in [-0.15, -0.1) is 0 Å². The molecule has 0 N–H and O–H groups in total. The van der Waals surface area contributed by atoms with Gasteiger partial charge in [-0.1, -0.05) is 0 Å². The van der Waals surface area contributed by atoms with Crippen LogP contribution in [0.4, 0.5) is 0 Å². The molecule has 0 amide bonds. The van der Waals surface area contributed by atoms with E-state index in [-0.39, 0.29) is 11.2 Å². The van der Waals surface area contributed by atoms with E-state index >= 15 is 0 Å². The predicted molar refractivity (Wildman–Crippen MR) is 45.0 cm³/mol. The molecule has 0 radical (unpaired) electrons. The normalized spacial score (nSPS) is 62.5. The first-order valence-electron chi connectivity index (χ1n) is 4.94. The lowest BCUT2D eigenvalue weighted by atomic mass is 9.77. The van der Waals surface area contributed by atoms with Gasteiger partial charge >= 0.3 is 0 Å². The number of rotatable bonds is 1. The Labute approximate surface area is 73.2 Å². The van der Waals surface area contributed by atoms with Crippen molar-refractivity contribution in [3.05, 3.63) is 0 Å². The summed E-state index contributed by atoms with van der Waals surface area (Å²) in [5.74, 6) is 0.762. The standard InChI is InChI=1S/C10H16O2/c1-9-4-3-7(5-8(9)12-9)10(2)6-11-10/h7-8H,3-6H2,1-2H3/t7-,8?,9+,10-/m0/s1. The Kier molecular flexibility index (Phi) is 1.15. The number of fused-ring (bicyclic) bond motifs is 1. The number of epoxide rings is 2. The molecule has 3 rings (SSSR count). The first-order valence-corrected chi connectivity index (χ1v) is 4.94. The van der Waals surface area contributed by atoms with Crippen molar-refractivity contribution in [1.29, 1.82) is 0 Å². The molecule has 3 fully saturated rings. The van der Waals surface area contributed by atoms with Gasteiger partial charge in [-0.3, -0.25) is 0 Å². The lowest BCUT2D eigenvalue weighted by molar-refractivity contribution is 0.191. The molecule has 0 spiro atoms. The average molecular weight is 168 g/mol.